The second-order valence-corrected chi connectivity index (χ2v) is 7.61. The molecule has 0 saturated carbocycles. The summed E-state index contributed by atoms with van der Waals surface area (Å²) >= 11 is 0. The molecule has 0 radical (unpaired) electrons. The number of aryl methyl sites for hydroxylation is 2. The minimum absolute atomic E-state index is 0.00485. The van der Waals surface area contributed by atoms with Crippen LogP contribution in [0.2, 0.25) is 0 Å². The van der Waals surface area contributed by atoms with Gasteiger partial charge in [0, 0.05) is 18.7 Å². The van der Waals surface area contributed by atoms with Crippen LogP contribution in [-0.4, -0.2) is 45.2 Å². The molecule has 27 heavy (non-hydrogen) atoms. The maximum absolute atomic E-state index is 12.0. The van der Waals surface area contributed by atoms with Gasteiger partial charge in [0.1, 0.15) is 12.7 Å². The lowest BCUT2D eigenvalue weighted by atomic mass is 9.83. The number of nitrogens with zero attached hydrogens (tertiary/aromatic N) is 4. The van der Waals surface area contributed by atoms with Crippen molar-refractivity contribution in [1.82, 2.24) is 19.7 Å². The third kappa shape index (κ3) is 5.89. The van der Waals surface area contributed by atoms with Crippen LogP contribution in [0.15, 0.2) is 36.9 Å². The minimum atomic E-state index is -0.00485. The highest BCUT2D eigenvalue weighted by Gasteiger charge is 2.24. The SMILES string of the molecule is CCN1CCC(CCc2ccc(NC(=O)CCn3cncn3)cc2)C(C)C1. The quantitative estimate of drug-likeness (QED) is 0.776. The van der Waals surface area contributed by atoms with E-state index in [0.29, 0.717) is 13.0 Å². The van der Waals surface area contributed by atoms with Crippen LogP contribution in [-0.2, 0) is 17.8 Å². The molecule has 146 valence electrons. The van der Waals surface area contributed by atoms with Crippen molar-refractivity contribution in [2.75, 3.05) is 25.0 Å². The normalized spacial score (nSPS) is 20.5. The smallest absolute Gasteiger partial charge is 0.226 e. The fraction of sp³-hybridized carbons (Fsp3) is 0.571. The standard InChI is InChI=1S/C21H31N5O/c1-3-25-12-10-19(17(2)14-25)7-4-18-5-8-20(9-6-18)24-21(27)11-13-26-16-22-15-23-26/h5-6,8-9,15-17,19H,3-4,7,10-14H2,1-2H3,(H,24,27). The van der Waals surface area contributed by atoms with Crippen molar-refractivity contribution in [3.8, 4) is 0 Å². The predicted molar refractivity (Wildman–Crippen MR) is 107 cm³/mol. The number of carbonyl (C=O) groups is 1. The van der Waals surface area contributed by atoms with E-state index in [0.717, 1.165) is 23.9 Å². The first kappa shape index (κ1) is 19.5. The maximum Gasteiger partial charge on any atom is 0.226 e. The van der Waals surface area contributed by atoms with Crippen molar-refractivity contribution >= 4 is 11.6 Å². The summed E-state index contributed by atoms with van der Waals surface area (Å²) in [6.07, 6.45) is 7.16. The molecule has 1 aromatic carbocycles. The van der Waals surface area contributed by atoms with Gasteiger partial charge in [0.2, 0.25) is 5.91 Å². The molecular weight excluding hydrogens is 338 g/mol. The highest BCUT2D eigenvalue weighted by molar-refractivity contribution is 5.90. The Balaban J connectivity index is 1.41. The number of hydrogen-bond donors (Lipinski definition) is 1. The highest BCUT2D eigenvalue weighted by Crippen LogP contribution is 2.27. The molecule has 1 N–H and O–H groups in total. The van der Waals surface area contributed by atoms with Crippen LogP contribution >= 0.6 is 0 Å². The maximum atomic E-state index is 12.0. The van der Waals surface area contributed by atoms with E-state index in [4.69, 9.17) is 0 Å². The van der Waals surface area contributed by atoms with Gasteiger partial charge in [-0.25, -0.2) is 4.98 Å². The van der Waals surface area contributed by atoms with Gasteiger partial charge >= 0.3 is 0 Å². The number of anilines is 1. The molecule has 6 nitrogen and oxygen atoms in total. The van der Waals surface area contributed by atoms with E-state index in [2.05, 4.69) is 46.3 Å². The molecule has 2 unspecified atom stereocenters. The van der Waals surface area contributed by atoms with Crippen LogP contribution in [0, 0.1) is 11.8 Å². The fourth-order valence-corrected chi connectivity index (χ4v) is 3.89. The summed E-state index contributed by atoms with van der Waals surface area (Å²) in [6, 6.07) is 8.29. The molecule has 1 saturated heterocycles. The highest BCUT2D eigenvalue weighted by atomic mass is 16.1. The van der Waals surface area contributed by atoms with Gasteiger partial charge in [-0.2, -0.15) is 5.10 Å². The van der Waals surface area contributed by atoms with Gasteiger partial charge < -0.3 is 10.2 Å². The summed E-state index contributed by atoms with van der Waals surface area (Å²) in [4.78, 5) is 18.5. The predicted octanol–water partition coefficient (Wildman–Crippen LogP) is 3.22. The number of benzene rings is 1. The molecule has 1 aliphatic heterocycles. The molecule has 2 heterocycles. The third-order valence-electron chi connectivity index (χ3n) is 5.69. The first-order valence-corrected chi connectivity index (χ1v) is 10.1. The summed E-state index contributed by atoms with van der Waals surface area (Å²) < 4.78 is 1.66. The van der Waals surface area contributed by atoms with Gasteiger partial charge in [-0.05, 0) is 61.9 Å². The summed E-state index contributed by atoms with van der Waals surface area (Å²) in [5.74, 6) is 1.60. The Morgan fingerprint density at radius 3 is 2.78 bits per heavy atom. The van der Waals surface area contributed by atoms with Crippen LogP contribution in [0.4, 0.5) is 5.69 Å². The molecule has 0 bridgehead atoms. The lowest BCUT2D eigenvalue weighted by Gasteiger charge is -2.36. The Labute approximate surface area is 162 Å². The second kappa shape index (κ2) is 9.65. The molecule has 2 aromatic rings. The zero-order chi connectivity index (χ0) is 19.1. The first-order chi connectivity index (χ1) is 13.1. The lowest BCUT2D eigenvalue weighted by molar-refractivity contribution is -0.116. The summed E-state index contributed by atoms with van der Waals surface area (Å²) in [7, 11) is 0. The van der Waals surface area contributed by atoms with Gasteiger partial charge in [-0.1, -0.05) is 26.0 Å². The van der Waals surface area contributed by atoms with Crippen molar-refractivity contribution in [1.29, 1.82) is 0 Å². The fourth-order valence-electron chi connectivity index (χ4n) is 3.89. The van der Waals surface area contributed by atoms with Crippen molar-refractivity contribution in [2.45, 2.75) is 46.1 Å². The summed E-state index contributed by atoms with van der Waals surface area (Å²) in [5, 5.41) is 6.95. The van der Waals surface area contributed by atoms with E-state index >= 15 is 0 Å². The van der Waals surface area contributed by atoms with Gasteiger partial charge in [-0.3, -0.25) is 9.48 Å². The number of aromatic nitrogens is 3. The van der Waals surface area contributed by atoms with E-state index in [-0.39, 0.29) is 5.91 Å². The van der Waals surface area contributed by atoms with E-state index in [1.165, 1.54) is 44.4 Å². The molecular formula is C21H31N5O. The van der Waals surface area contributed by atoms with E-state index in [9.17, 15) is 4.79 Å². The number of rotatable bonds is 8. The summed E-state index contributed by atoms with van der Waals surface area (Å²) in [5.41, 5.74) is 2.20. The van der Waals surface area contributed by atoms with E-state index in [1.54, 1.807) is 11.0 Å². The molecule has 1 aromatic heterocycles. The zero-order valence-electron chi connectivity index (χ0n) is 16.5. The Morgan fingerprint density at radius 2 is 2.11 bits per heavy atom. The monoisotopic (exact) mass is 369 g/mol. The van der Waals surface area contributed by atoms with Crippen LogP contribution in [0.1, 0.15) is 38.7 Å². The Kier molecular flexibility index (Phi) is 6.98. The van der Waals surface area contributed by atoms with Crippen molar-refractivity contribution in [3.05, 3.63) is 42.5 Å². The Morgan fingerprint density at radius 1 is 1.30 bits per heavy atom. The zero-order valence-corrected chi connectivity index (χ0v) is 16.5. The molecule has 0 spiro atoms. The molecule has 6 heteroatoms. The Hall–Kier alpha value is -2.21. The van der Waals surface area contributed by atoms with E-state index in [1.807, 2.05) is 12.1 Å². The molecule has 1 fully saturated rings. The average Bonchev–Trinajstić information content (AvgIpc) is 3.20. The first-order valence-electron chi connectivity index (χ1n) is 10.1. The molecule has 3 rings (SSSR count). The van der Waals surface area contributed by atoms with Crippen molar-refractivity contribution < 1.29 is 4.79 Å². The Bertz CT molecular complexity index is 698. The largest absolute Gasteiger partial charge is 0.326 e. The van der Waals surface area contributed by atoms with Gasteiger partial charge in [0.05, 0.1) is 6.54 Å². The second-order valence-electron chi connectivity index (χ2n) is 7.61. The number of likely N-dealkylation sites (tertiary alicyclic amines) is 1. The van der Waals surface area contributed by atoms with Gasteiger partial charge in [-0.15, -0.1) is 0 Å². The number of nitrogens with one attached hydrogen (secondary N) is 1. The number of hydrogen-bond acceptors (Lipinski definition) is 4. The molecule has 2 atom stereocenters. The minimum Gasteiger partial charge on any atom is -0.326 e. The summed E-state index contributed by atoms with van der Waals surface area (Å²) in [6.45, 7) is 8.83. The van der Waals surface area contributed by atoms with E-state index < -0.39 is 0 Å². The van der Waals surface area contributed by atoms with Gasteiger partial charge in [0.15, 0.2) is 0 Å². The lowest BCUT2D eigenvalue weighted by Crippen LogP contribution is -2.39. The topological polar surface area (TPSA) is 63.1 Å². The van der Waals surface area contributed by atoms with Gasteiger partial charge in [0.25, 0.3) is 0 Å². The van der Waals surface area contributed by atoms with Crippen LogP contribution in [0.5, 0.6) is 0 Å². The number of carbonyl (C=O) groups excluding carboxylic acids is 1. The average molecular weight is 370 g/mol. The van der Waals surface area contributed by atoms with Crippen LogP contribution in [0.25, 0.3) is 0 Å². The van der Waals surface area contributed by atoms with Crippen molar-refractivity contribution in [2.24, 2.45) is 11.8 Å². The molecule has 1 amide bonds. The number of piperidine rings is 1. The third-order valence-corrected chi connectivity index (χ3v) is 5.69. The number of amides is 1. The van der Waals surface area contributed by atoms with Crippen LogP contribution in [0.3, 0.4) is 0 Å². The molecule has 0 aliphatic carbocycles. The molecule has 1 aliphatic rings. The van der Waals surface area contributed by atoms with Crippen molar-refractivity contribution in [3.63, 3.8) is 0 Å². The van der Waals surface area contributed by atoms with Crippen LogP contribution < -0.4 is 5.32 Å².